The fraction of sp³-hybridized carbons (Fsp3) is 0.412. The van der Waals surface area contributed by atoms with Gasteiger partial charge in [-0.05, 0) is 37.6 Å². The molecule has 130 valence electrons. The number of carbonyl (C=O) groups is 3. The second-order valence-electron chi connectivity index (χ2n) is 6.11. The predicted molar refractivity (Wildman–Crippen MR) is 91.5 cm³/mol. The fourth-order valence-electron chi connectivity index (χ4n) is 3.05. The normalized spacial score (nSPS) is 24.6. The van der Waals surface area contributed by atoms with Crippen LogP contribution in [0, 0.1) is 11.3 Å². The summed E-state index contributed by atoms with van der Waals surface area (Å²) in [6.07, 6.45) is 1.16. The average molecular weight is 359 g/mol. The number of benzene rings is 1. The highest BCUT2D eigenvalue weighted by molar-refractivity contribution is 8.01. The molecule has 0 bridgehead atoms. The molecule has 1 aromatic carbocycles. The van der Waals surface area contributed by atoms with Gasteiger partial charge < -0.3 is 15.0 Å². The predicted octanol–water partition coefficient (Wildman–Crippen LogP) is 1.49. The van der Waals surface area contributed by atoms with Gasteiger partial charge in [0.25, 0.3) is 5.91 Å². The van der Waals surface area contributed by atoms with Gasteiger partial charge >= 0.3 is 5.97 Å². The highest BCUT2D eigenvalue weighted by Gasteiger charge is 2.53. The molecule has 7 nitrogen and oxygen atoms in total. The number of carbonyl (C=O) groups excluding carboxylic acids is 3. The van der Waals surface area contributed by atoms with Crippen LogP contribution >= 0.6 is 11.8 Å². The molecule has 2 amide bonds. The number of hydrogen-bond donors (Lipinski definition) is 1. The minimum atomic E-state index is -0.632. The van der Waals surface area contributed by atoms with E-state index in [1.165, 1.54) is 0 Å². The minimum absolute atomic E-state index is 0.0449. The minimum Gasteiger partial charge on any atom is -0.454 e. The number of rotatable bonds is 4. The van der Waals surface area contributed by atoms with Gasteiger partial charge in [-0.3, -0.25) is 9.59 Å². The molecule has 0 aromatic heterocycles. The Morgan fingerprint density at radius 2 is 2.16 bits per heavy atom. The van der Waals surface area contributed by atoms with Gasteiger partial charge in [0.15, 0.2) is 6.61 Å². The van der Waals surface area contributed by atoms with Crippen molar-refractivity contribution < 1.29 is 19.1 Å². The number of nitriles is 1. The maximum atomic E-state index is 12.3. The number of nitrogens with zero attached hydrogens (tertiary/aromatic N) is 2. The summed E-state index contributed by atoms with van der Waals surface area (Å²) in [5.41, 5.74) is 1.00. The van der Waals surface area contributed by atoms with E-state index in [-0.39, 0.29) is 10.8 Å². The SMILES string of the molecule is C[C@@]12CCC(=O)N1[C@H](C(=O)OCC(=O)Nc1ccc(C#N)cc1)CS2. The van der Waals surface area contributed by atoms with Gasteiger partial charge in [0.1, 0.15) is 6.04 Å². The molecular weight excluding hydrogens is 342 g/mol. The Hall–Kier alpha value is -2.53. The zero-order valence-electron chi connectivity index (χ0n) is 13.7. The fourth-order valence-corrected chi connectivity index (χ4v) is 4.47. The van der Waals surface area contributed by atoms with E-state index in [1.54, 1.807) is 40.9 Å². The number of fused-ring (bicyclic) bond motifs is 1. The lowest BCUT2D eigenvalue weighted by Gasteiger charge is -2.29. The van der Waals surface area contributed by atoms with Crippen molar-refractivity contribution in [3.05, 3.63) is 29.8 Å². The van der Waals surface area contributed by atoms with Crippen LogP contribution in [0.2, 0.25) is 0 Å². The Kier molecular flexibility index (Phi) is 4.68. The lowest BCUT2D eigenvalue weighted by molar-refractivity contribution is -0.155. The number of hydrogen-bond acceptors (Lipinski definition) is 6. The van der Waals surface area contributed by atoms with Crippen LogP contribution in [0.4, 0.5) is 5.69 Å². The lowest BCUT2D eigenvalue weighted by atomic mass is 10.2. The monoisotopic (exact) mass is 359 g/mol. The molecule has 0 saturated carbocycles. The molecule has 2 saturated heterocycles. The van der Waals surface area contributed by atoms with Crippen LogP contribution in [0.15, 0.2) is 24.3 Å². The first-order valence-electron chi connectivity index (χ1n) is 7.86. The first kappa shape index (κ1) is 17.3. The molecule has 2 aliphatic rings. The van der Waals surface area contributed by atoms with Crippen LogP contribution in [-0.4, -0.2) is 46.0 Å². The molecule has 0 unspecified atom stereocenters. The lowest BCUT2D eigenvalue weighted by Crippen LogP contribution is -2.47. The highest BCUT2D eigenvalue weighted by atomic mass is 32.2. The summed E-state index contributed by atoms with van der Waals surface area (Å²) in [5, 5.41) is 11.3. The molecule has 0 aliphatic carbocycles. The smallest absolute Gasteiger partial charge is 0.330 e. The van der Waals surface area contributed by atoms with Crippen LogP contribution in [0.5, 0.6) is 0 Å². The maximum Gasteiger partial charge on any atom is 0.330 e. The van der Waals surface area contributed by atoms with Gasteiger partial charge in [0, 0.05) is 17.9 Å². The van der Waals surface area contributed by atoms with Crippen molar-refractivity contribution in [2.75, 3.05) is 17.7 Å². The molecule has 1 aromatic rings. The van der Waals surface area contributed by atoms with Crippen LogP contribution < -0.4 is 5.32 Å². The van der Waals surface area contributed by atoms with Gasteiger partial charge in [-0.15, -0.1) is 11.8 Å². The third-order valence-electron chi connectivity index (χ3n) is 4.36. The van der Waals surface area contributed by atoms with Crippen LogP contribution in [0.25, 0.3) is 0 Å². The molecule has 2 atom stereocenters. The standard InChI is InChI=1S/C17H17N3O4S/c1-17-7-6-15(22)20(17)13(10-25-17)16(23)24-9-14(21)19-12-4-2-11(8-18)3-5-12/h2-5,13H,6-7,9-10H2,1H3,(H,19,21)/t13-,17+/m0/s1. The zero-order valence-corrected chi connectivity index (χ0v) is 14.5. The number of esters is 1. The van der Waals surface area contributed by atoms with E-state index in [4.69, 9.17) is 10.00 Å². The molecule has 2 aliphatic heterocycles. The van der Waals surface area contributed by atoms with Gasteiger partial charge in [0.2, 0.25) is 5.91 Å². The third kappa shape index (κ3) is 3.46. The summed E-state index contributed by atoms with van der Waals surface area (Å²) in [7, 11) is 0. The van der Waals surface area contributed by atoms with E-state index in [0.717, 1.165) is 6.42 Å². The van der Waals surface area contributed by atoms with E-state index in [9.17, 15) is 14.4 Å². The summed E-state index contributed by atoms with van der Waals surface area (Å²) >= 11 is 1.57. The topological polar surface area (TPSA) is 99.5 Å². The second-order valence-corrected chi connectivity index (χ2v) is 7.61. The molecule has 8 heteroatoms. The van der Waals surface area contributed by atoms with E-state index in [0.29, 0.717) is 23.4 Å². The summed E-state index contributed by atoms with van der Waals surface area (Å²) in [6, 6.07) is 7.71. The summed E-state index contributed by atoms with van der Waals surface area (Å²) < 4.78 is 5.10. The van der Waals surface area contributed by atoms with E-state index in [1.807, 2.05) is 13.0 Å². The van der Waals surface area contributed by atoms with Crippen molar-refractivity contribution in [3.63, 3.8) is 0 Å². The van der Waals surface area contributed by atoms with Gasteiger partial charge in [-0.2, -0.15) is 5.26 Å². The molecule has 3 rings (SSSR count). The summed E-state index contributed by atoms with van der Waals surface area (Å²) in [5.74, 6) is -0.588. The maximum absolute atomic E-state index is 12.3. The first-order chi connectivity index (χ1) is 11.9. The van der Waals surface area contributed by atoms with Crippen molar-refractivity contribution in [1.29, 1.82) is 5.26 Å². The molecule has 25 heavy (non-hydrogen) atoms. The van der Waals surface area contributed by atoms with Crippen LogP contribution in [0.3, 0.4) is 0 Å². The van der Waals surface area contributed by atoms with Gasteiger partial charge in [-0.1, -0.05) is 0 Å². The van der Waals surface area contributed by atoms with Crippen LogP contribution in [0.1, 0.15) is 25.3 Å². The molecule has 0 spiro atoms. The Bertz CT molecular complexity index is 758. The van der Waals surface area contributed by atoms with Gasteiger partial charge in [0.05, 0.1) is 16.5 Å². The molecular formula is C17H17N3O4S. The van der Waals surface area contributed by atoms with Gasteiger partial charge in [-0.25, -0.2) is 4.79 Å². The number of ether oxygens (including phenoxy) is 1. The Balaban J connectivity index is 1.53. The van der Waals surface area contributed by atoms with Crippen molar-refractivity contribution in [2.45, 2.75) is 30.7 Å². The Morgan fingerprint density at radius 3 is 2.84 bits per heavy atom. The number of amides is 2. The number of thioether (sulfide) groups is 1. The van der Waals surface area contributed by atoms with E-state index < -0.39 is 24.5 Å². The number of anilines is 1. The van der Waals surface area contributed by atoms with Crippen molar-refractivity contribution in [3.8, 4) is 6.07 Å². The quantitative estimate of drug-likeness (QED) is 0.818. The van der Waals surface area contributed by atoms with E-state index >= 15 is 0 Å². The summed E-state index contributed by atoms with van der Waals surface area (Å²) in [4.78, 5) is 37.4. The van der Waals surface area contributed by atoms with Crippen molar-refractivity contribution >= 4 is 35.2 Å². The first-order valence-corrected chi connectivity index (χ1v) is 8.84. The average Bonchev–Trinajstić information content (AvgIpc) is 3.10. The third-order valence-corrected chi connectivity index (χ3v) is 5.87. The Morgan fingerprint density at radius 1 is 1.44 bits per heavy atom. The highest BCUT2D eigenvalue weighted by Crippen LogP contribution is 2.47. The molecule has 1 N–H and O–H groups in total. The molecule has 0 radical (unpaired) electrons. The molecule has 2 fully saturated rings. The zero-order chi connectivity index (χ0) is 18.0. The second kappa shape index (κ2) is 6.76. The summed E-state index contributed by atoms with van der Waals surface area (Å²) in [6.45, 7) is 1.53. The van der Waals surface area contributed by atoms with E-state index in [2.05, 4.69) is 5.32 Å². The number of nitrogens with one attached hydrogen (secondary N) is 1. The molecule has 2 heterocycles. The van der Waals surface area contributed by atoms with Crippen molar-refractivity contribution in [2.24, 2.45) is 0 Å². The Labute approximate surface area is 149 Å². The van der Waals surface area contributed by atoms with Crippen molar-refractivity contribution in [1.82, 2.24) is 4.90 Å². The largest absolute Gasteiger partial charge is 0.454 e. The van der Waals surface area contributed by atoms with Crippen LogP contribution in [-0.2, 0) is 19.1 Å².